The molecule has 1 heterocycles. The first kappa shape index (κ1) is 15.6. The van der Waals surface area contributed by atoms with E-state index in [-0.39, 0.29) is 24.3 Å². The van der Waals surface area contributed by atoms with Gasteiger partial charge in [0.15, 0.2) is 0 Å². The average Bonchev–Trinajstić information content (AvgIpc) is 2.78. The van der Waals surface area contributed by atoms with E-state index in [2.05, 4.69) is 6.58 Å². The van der Waals surface area contributed by atoms with Crippen molar-refractivity contribution in [2.75, 3.05) is 6.54 Å². The lowest BCUT2D eigenvalue weighted by Gasteiger charge is -2.33. The van der Waals surface area contributed by atoms with Crippen molar-refractivity contribution in [2.24, 2.45) is 5.92 Å². The van der Waals surface area contributed by atoms with Gasteiger partial charge >= 0.3 is 0 Å². The van der Waals surface area contributed by atoms with Crippen LogP contribution in [-0.4, -0.2) is 45.7 Å². The van der Waals surface area contributed by atoms with Crippen molar-refractivity contribution >= 4 is 11.8 Å². The molecule has 1 aliphatic carbocycles. The first-order chi connectivity index (χ1) is 10.9. The van der Waals surface area contributed by atoms with E-state index >= 15 is 0 Å². The zero-order valence-corrected chi connectivity index (χ0v) is 12.9. The molecule has 1 aliphatic heterocycles. The Morgan fingerprint density at radius 3 is 2.35 bits per heavy atom. The predicted molar refractivity (Wildman–Crippen MR) is 84.8 cm³/mol. The minimum Gasteiger partial charge on any atom is -0.389 e. The fourth-order valence-corrected chi connectivity index (χ4v) is 3.17. The Hall–Kier alpha value is -2.24. The SMILES string of the molecule is C=C(CN1C(=O)c2ccccc2C1=O)[C@@H]1CC=C(C)[C@@H](O)[C@@H]1O. The summed E-state index contributed by atoms with van der Waals surface area (Å²) in [6.45, 7) is 5.75. The summed E-state index contributed by atoms with van der Waals surface area (Å²) in [7, 11) is 0. The second kappa shape index (κ2) is 5.76. The second-order valence-electron chi connectivity index (χ2n) is 6.13. The van der Waals surface area contributed by atoms with Crippen LogP contribution in [0.5, 0.6) is 0 Å². The summed E-state index contributed by atoms with van der Waals surface area (Å²) in [4.78, 5) is 25.9. The first-order valence-corrected chi connectivity index (χ1v) is 7.57. The Bertz CT molecular complexity index is 686. The summed E-state index contributed by atoms with van der Waals surface area (Å²) in [5.74, 6) is -1.06. The third-order valence-corrected chi connectivity index (χ3v) is 4.66. The lowest BCUT2D eigenvalue weighted by atomic mass is 9.81. The number of rotatable bonds is 3. The standard InChI is InChI=1S/C18H19NO4/c1-10-7-8-12(16(21)15(10)20)11(2)9-19-17(22)13-5-3-4-6-14(13)18(19)23/h3-7,12,15-16,20-21H,2,8-9H2,1H3/t12-,15+,16+/m0/s1. The molecule has 3 atom stereocenters. The van der Waals surface area contributed by atoms with Crippen LogP contribution >= 0.6 is 0 Å². The molecule has 0 fully saturated rings. The van der Waals surface area contributed by atoms with Gasteiger partial charge in [-0.3, -0.25) is 14.5 Å². The van der Waals surface area contributed by atoms with Gasteiger partial charge in [0.2, 0.25) is 0 Å². The molecule has 2 N–H and O–H groups in total. The number of aliphatic hydroxyl groups is 2. The van der Waals surface area contributed by atoms with E-state index in [0.29, 0.717) is 23.1 Å². The van der Waals surface area contributed by atoms with Gasteiger partial charge in [0.25, 0.3) is 11.8 Å². The molecule has 120 valence electrons. The van der Waals surface area contributed by atoms with Gasteiger partial charge in [0, 0.05) is 5.92 Å². The topological polar surface area (TPSA) is 77.8 Å². The second-order valence-corrected chi connectivity index (χ2v) is 6.13. The zero-order chi connectivity index (χ0) is 16.7. The molecular weight excluding hydrogens is 294 g/mol. The molecule has 2 amide bonds. The zero-order valence-electron chi connectivity index (χ0n) is 12.9. The van der Waals surface area contributed by atoms with Crippen molar-refractivity contribution < 1.29 is 19.8 Å². The van der Waals surface area contributed by atoms with Gasteiger partial charge in [-0.25, -0.2) is 0 Å². The molecule has 0 saturated carbocycles. The highest BCUT2D eigenvalue weighted by atomic mass is 16.3. The molecular formula is C18H19NO4. The summed E-state index contributed by atoms with van der Waals surface area (Å²) in [6.07, 6.45) is 0.483. The lowest BCUT2D eigenvalue weighted by Crippen LogP contribution is -2.41. The number of benzene rings is 1. The normalized spacial score (nSPS) is 27.0. The molecule has 0 spiro atoms. The molecule has 2 aliphatic rings. The summed E-state index contributed by atoms with van der Waals surface area (Å²) < 4.78 is 0. The Kier molecular flexibility index (Phi) is 3.92. The molecule has 1 aromatic carbocycles. The Morgan fingerprint density at radius 1 is 1.22 bits per heavy atom. The number of fused-ring (bicyclic) bond motifs is 1. The molecule has 0 aromatic heterocycles. The van der Waals surface area contributed by atoms with Crippen LogP contribution in [0, 0.1) is 5.92 Å². The molecule has 3 rings (SSSR count). The monoisotopic (exact) mass is 313 g/mol. The highest BCUT2D eigenvalue weighted by Crippen LogP contribution is 2.31. The van der Waals surface area contributed by atoms with Gasteiger partial charge in [-0.15, -0.1) is 0 Å². The van der Waals surface area contributed by atoms with E-state index in [9.17, 15) is 19.8 Å². The summed E-state index contributed by atoms with van der Waals surface area (Å²) in [5.41, 5.74) is 2.08. The third kappa shape index (κ3) is 2.52. The Morgan fingerprint density at radius 2 is 1.78 bits per heavy atom. The van der Waals surface area contributed by atoms with Crippen molar-refractivity contribution in [2.45, 2.75) is 25.6 Å². The summed E-state index contributed by atoms with van der Waals surface area (Å²) in [5, 5.41) is 20.2. The van der Waals surface area contributed by atoms with Crippen molar-refractivity contribution in [3.8, 4) is 0 Å². The number of aliphatic hydroxyl groups excluding tert-OH is 2. The van der Waals surface area contributed by atoms with Crippen LogP contribution in [0.2, 0.25) is 0 Å². The van der Waals surface area contributed by atoms with Crippen LogP contribution < -0.4 is 0 Å². The van der Waals surface area contributed by atoms with E-state index in [1.807, 2.05) is 6.08 Å². The van der Waals surface area contributed by atoms with Crippen molar-refractivity contribution in [3.63, 3.8) is 0 Å². The van der Waals surface area contributed by atoms with Gasteiger partial charge < -0.3 is 10.2 Å². The maximum absolute atomic E-state index is 12.4. The molecule has 5 nitrogen and oxygen atoms in total. The minimum atomic E-state index is -0.970. The number of imide groups is 1. The van der Waals surface area contributed by atoms with E-state index < -0.39 is 12.2 Å². The summed E-state index contributed by atoms with van der Waals surface area (Å²) in [6, 6.07) is 6.70. The van der Waals surface area contributed by atoms with Crippen LogP contribution in [0.4, 0.5) is 0 Å². The minimum absolute atomic E-state index is 0.0493. The first-order valence-electron chi connectivity index (χ1n) is 7.57. The smallest absolute Gasteiger partial charge is 0.261 e. The van der Waals surface area contributed by atoms with E-state index in [4.69, 9.17) is 0 Å². The number of hydrogen-bond acceptors (Lipinski definition) is 4. The van der Waals surface area contributed by atoms with Crippen molar-refractivity contribution in [1.82, 2.24) is 4.90 Å². The molecule has 1 aromatic rings. The highest BCUT2D eigenvalue weighted by Gasteiger charge is 2.38. The number of amides is 2. The maximum Gasteiger partial charge on any atom is 0.261 e. The van der Waals surface area contributed by atoms with Gasteiger partial charge in [-0.2, -0.15) is 0 Å². The van der Waals surface area contributed by atoms with Gasteiger partial charge in [0.05, 0.1) is 23.8 Å². The Labute approximate surface area is 134 Å². The van der Waals surface area contributed by atoms with Crippen LogP contribution in [0.15, 0.2) is 48.1 Å². The van der Waals surface area contributed by atoms with E-state index in [1.54, 1.807) is 31.2 Å². The summed E-state index contributed by atoms with van der Waals surface area (Å²) >= 11 is 0. The predicted octanol–water partition coefficient (Wildman–Crippen LogP) is 1.53. The van der Waals surface area contributed by atoms with Crippen LogP contribution in [-0.2, 0) is 0 Å². The largest absolute Gasteiger partial charge is 0.389 e. The quantitative estimate of drug-likeness (QED) is 0.655. The molecule has 0 bridgehead atoms. The van der Waals surface area contributed by atoms with Crippen LogP contribution in [0.1, 0.15) is 34.1 Å². The maximum atomic E-state index is 12.4. The fourth-order valence-electron chi connectivity index (χ4n) is 3.17. The van der Waals surface area contributed by atoms with E-state index in [0.717, 1.165) is 10.5 Å². The highest BCUT2D eigenvalue weighted by molar-refractivity contribution is 6.21. The third-order valence-electron chi connectivity index (χ3n) is 4.66. The van der Waals surface area contributed by atoms with Gasteiger partial charge in [-0.1, -0.05) is 30.4 Å². The van der Waals surface area contributed by atoms with Crippen LogP contribution in [0.3, 0.4) is 0 Å². The molecule has 0 saturated heterocycles. The molecule has 23 heavy (non-hydrogen) atoms. The lowest BCUT2D eigenvalue weighted by molar-refractivity contribution is 0.00462. The van der Waals surface area contributed by atoms with Crippen LogP contribution in [0.25, 0.3) is 0 Å². The van der Waals surface area contributed by atoms with Crippen molar-refractivity contribution in [3.05, 3.63) is 59.2 Å². The number of carbonyl (C=O) groups excluding carboxylic acids is 2. The fraction of sp³-hybridized carbons (Fsp3) is 0.333. The average molecular weight is 313 g/mol. The van der Waals surface area contributed by atoms with Gasteiger partial charge in [-0.05, 0) is 31.1 Å². The number of allylic oxidation sites excluding steroid dienone is 1. The number of carbonyl (C=O) groups is 2. The Balaban J connectivity index is 1.77. The number of hydrogen-bond donors (Lipinski definition) is 2. The van der Waals surface area contributed by atoms with Gasteiger partial charge in [0.1, 0.15) is 6.10 Å². The molecule has 0 radical (unpaired) electrons. The molecule has 5 heteroatoms. The van der Waals surface area contributed by atoms with Crippen molar-refractivity contribution in [1.29, 1.82) is 0 Å². The number of nitrogens with zero attached hydrogens (tertiary/aromatic N) is 1. The van der Waals surface area contributed by atoms with E-state index in [1.165, 1.54) is 0 Å². The molecule has 0 unspecified atom stereocenters.